The maximum Gasteiger partial charge on any atom is 0.165 e. The van der Waals surface area contributed by atoms with Crippen LogP contribution in [-0.2, 0) is 0 Å². The molecule has 0 unspecified atom stereocenters. The van der Waals surface area contributed by atoms with Crippen molar-refractivity contribution < 1.29 is 4.74 Å². The Bertz CT molecular complexity index is 438. The fraction of sp³-hybridized carbons (Fsp3) is 0.200. The molecule has 0 radical (unpaired) electrons. The van der Waals surface area contributed by atoms with E-state index in [0.29, 0.717) is 12.4 Å². The van der Waals surface area contributed by atoms with Crippen molar-refractivity contribution in [3.8, 4) is 17.0 Å². The summed E-state index contributed by atoms with van der Waals surface area (Å²) in [6, 6.07) is 7.66. The van der Waals surface area contributed by atoms with Crippen LogP contribution < -0.4 is 10.5 Å². The topological polar surface area (TPSA) is 61.0 Å². The Kier molecular flexibility index (Phi) is 2.82. The zero-order chi connectivity index (χ0) is 10.7. The van der Waals surface area contributed by atoms with E-state index in [9.17, 15) is 0 Å². The second-order valence-corrected chi connectivity index (χ2v) is 3.48. The van der Waals surface area contributed by atoms with Crippen LogP contribution in [0.4, 0.5) is 5.82 Å². The molecule has 1 aromatic carbocycles. The average molecular weight is 221 g/mol. The molecule has 4 nitrogen and oxygen atoms in total. The van der Waals surface area contributed by atoms with Crippen molar-refractivity contribution in [2.24, 2.45) is 0 Å². The third-order valence-electron chi connectivity index (χ3n) is 1.95. The number of nitrogens with two attached hydrogens (primary N) is 1. The molecule has 0 aliphatic carbocycles. The molecule has 2 N–H and O–H groups in total. The number of ether oxygens (including phenoxy) is 1. The van der Waals surface area contributed by atoms with Crippen LogP contribution >= 0.6 is 11.7 Å². The van der Waals surface area contributed by atoms with Crippen molar-refractivity contribution in [1.82, 2.24) is 8.75 Å². The summed E-state index contributed by atoms with van der Waals surface area (Å²) < 4.78 is 13.4. The van der Waals surface area contributed by atoms with Crippen LogP contribution in [0, 0.1) is 0 Å². The van der Waals surface area contributed by atoms with E-state index in [1.165, 1.54) is 0 Å². The molecule has 5 heteroatoms. The van der Waals surface area contributed by atoms with Crippen LogP contribution in [0.15, 0.2) is 24.3 Å². The van der Waals surface area contributed by atoms with Crippen LogP contribution in [0.3, 0.4) is 0 Å². The molecule has 78 valence electrons. The lowest BCUT2D eigenvalue weighted by Crippen LogP contribution is -1.91. The first-order valence-electron chi connectivity index (χ1n) is 4.62. The number of hydrogen-bond donors (Lipinski definition) is 1. The first-order chi connectivity index (χ1) is 7.31. The highest BCUT2D eigenvalue weighted by molar-refractivity contribution is 6.99. The van der Waals surface area contributed by atoms with Crippen molar-refractivity contribution in [2.75, 3.05) is 12.3 Å². The van der Waals surface area contributed by atoms with E-state index in [4.69, 9.17) is 10.5 Å². The largest absolute Gasteiger partial charge is 0.494 e. The lowest BCUT2D eigenvalue weighted by molar-refractivity contribution is 0.340. The normalized spacial score (nSPS) is 10.2. The Morgan fingerprint density at radius 2 is 2.00 bits per heavy atom. The summed E-state index contributed by atoms with van der Waals surface area (Å²) in [5, 5.41) is 0. The van der Waals surface area contributed by atoms with Gasteiger partial charge < -0.3 is 10.5 Å². The predicted octanol–water partition coefficient (Wildman–Crippen LogP) is 2.19. The number of hydrogen-bond acceptors (Lipinski definition) is 5. The van der Waals surface area contributed by atoms with Gasteiger partial charge in [0, 0.05) is 5.56 Å². The number of nitrogen functional groups attached to an aromatic ring is 1. The molecule has 0 spiro atoms. The van der Waals surface area contributed by atoms with Crippen molar-refractivity contribution in [2.45, 2.75) is 6.92 Å². The summed E-state index contributed by atoms with van der Waals surface area (Å²) in [6.45, 7) is 2.62. The molecule has 0 saturated heterocycles. The van der Waals surface area contributed by atoms with E-state index in [-0.39, 0.29) is 0 Å². The lowest BCUT2D eigenvalue weighted by Gasteiger charge is -2.03. The first kappa shape index (κ1) is 9.92. The highest BCUT2D eigenvalue weighted by Crippen LogP contribution is 2.25. The average Bonchev–Trinajstić information content (AvgIpc) is 2.66. The second kappa shape index (κ2) is 4.27. The molecule has 0 fully saturated rings. The maximum absolute atomic E-state index is 5.67. The van der Waals surface area contributed by atoms with Crippen molar-refractivity contribution in [1.29, 1.82) is 0 Å². The van der Waals surface area contributed by atoms with Gasteiger partial charge in [0.1, 0.15) is 11.4 Å². The maximum atomic E-state index is 5.67. The van der Waals surface area contributed by atoms with E-state index < -0.39 is 0 Å². The van der Waals surface area contributed by atoms with E-state index in [0.717, 1.165) is 28.7 Å². The van der Waals surface area contributed by atoms with Gasteiger partial charge in [-0.25, -0.2) is 0 Å². The molecule has 0 saturated carbocycles. The third kappa shape index (κ3) is 2.07. The minimum atomic E-state index is 0.476. The van der Waals surface area contributed by atoms with Crippen molar-refractivity contribution >= 4 is 17.5 Å². The number of nitrogens with zero attached hydrogens (tertiary/aromatic N) is 2. The summed E-state index contributed by atoms with van der Waals surface area (Å²) in [4.78, 5) is 0. The third-order valence-corrected chi connectivity index (χ3v) is 2.50. The first-order valence-corrected chi connectivity index (χ1v) is 5.35. The number of anilines is 1. The molecule has 15 heavy (non-hydrogen) atoms. The highest BCUT2D eigenvalue weighted by atomic mass is 32.1. The van der Waals surface area contributed by atoms with Crippen molar-refractivity contribution in [3.05, 3.63) is 24.3 Å². The molecule has 1 heterocycles. The standard InChI is InChI=1S/C10H11N3OS/c1-2-14-8-5-3-7(4-6-8)9-10(11)13-15-12-9/h3-6H,2H2,1H3,(H2,11,13). The highest BCUT2D eigenvalue weighted by Gasteiger charge is 2.06. The Morgan fingerprint density at radius 3 is 2.53 bits per heavy atom. The molecule has 2 rings (SSSR count). The smallest absolute Gasteiger partial charge is 0.165 e. The van der Waals surface area contributed by atoms with Gasteiger partial charge in [0.2, 0.25) is 0 Å². The van der Waals surface area contributed by atoms with Gasteiger partial charge in [0.15, 0.2) is 5.82 Å². The van der Waals surface area contributed by atoms with Gasteiger partial charge in [0.25, 0.3) is 0 Å². The molecule has 0 amide bonds. The van der Waals surface area contributed by atoms with Gasteiger partial charge in [-0.05, 0) is 31.2 Å². The Labute approximate surface area is 92.0 Å². The van der Waals surface area contributed by atoms with E-state index >= 15 is 0 Å². The van der Waals surface area contributed by atoms with Crippen LogP contribution in [0.1, 0.15) is 6.92 Å². The number of aromatic nitrogens is 2. The predicted molar refractivity (Wildman–Crippen MR) is 60.9 cm³/mol. The summed E-state index contributed by atoms with van der Waals surface area (Å²) in [5.41, 5.74) is 7.38. The second-order valence-electron chi connectivity index (χ2n) is 2.96. The molecule has 0 aliphatic heterocycles. The summed E-state index contributed by atoms with van der Waals surface area (Å²) in [5.74, 6) is 1.33. The molecular formula is C10H11N3OS. The Hall–Kier alpha value is -1.62. The molecule has 0 atom stereocenters. The van der Waals surface area contributed by atoms with Crippen molar-refractivity contribution in [3.63, 3.8) is 0 Å². The fourth-order valence-electron chi connectivity index (χ4n) is 1.27. The van der Waals surface area contributed by atoms with Gasteiger partial charge in [-0.3, -0.25) is 0 Å². The van der Waals surface area contributed by atoms with E-state index in [2.05, 4.69) is 8.75 Å². The van der Waals surface area contributed by atoms with Gasteiger partial charge in [0.05, 0.1) is 18.3 Å². The van der Waals surface area contributed by atoms with Crippen LogP contribution in [-0.4, -0.2) is 15.4 Å². The molecule has 2 aromatic rings. The fourth-order valence-corrected chi connectivity index (χ4v) is 1.77. The van der Waals surface area contributed by atoms with E-state index in [1.54, 1.807) is 0 Å². The van der Waals surface area contributed by atoms with Crippen LogP contribution in [0.2, 0.25) is 0 Å². The summed E-state index contributed by atoms with van der Waals surface area (Å²) in [6.07, 6.45) is 0. The van der Waals surface area contributed by atoms with Crippen LogP contribution in [0.25, 0.3) is 11.3 Å². The number of benzene rings is 1. The minimum Gasteiger partial charge on any atom is -0.494 e. The molecular weight excluding hydrogens is 210 g/mol. The quantitative estimate of drug-likeness (QED) is 0.863. The molecule has 1 aromatic heterocycles. The van der Waals surface area contributed by atoms with Gasteiger partial charge in [-0.2, -0.15) is 8.75 Å². The lowest BCUT2D eigenvalue weighted by atomic mass is 10.1. The van der Waals surface area contributed by atoms with Gasteiger partial charge in [-0.15, -0.1) is 0 Å². The number of rotatable bonds is 3. The zero-order valence-electron chi connectivity index (χ0n) is 8.30. The van der Waals surface area contributed by atoms with Gasteiger partial charge in [-0.1, -0.05) is 0 Å². The van der Waals surface area contributed by atoms with Crippen LogP contribution in [0.5, 0.6) is 5.75 Å². The minimum absolute atomic E-state index is 0.476. The summed E-state index contributed by atoms with van der Waals surface area (Å²) >= 11 is 1.12. The Morgan fingerprint density at radius 1 is 1.27 bits per heavy atom. The zero-order valence-corrected chi connectivity index (χ0v) is 9.12. The Balaban J connectivity index is 2.28. The summed E-state index contributed by atoms with van der Waals surface area (Å²) in [7, 11) is 0. The molecule has 0 aliphatic rings. The SMILES string of the molecule is CCOc1ccc(-c2nsnc2N)cc1. The molecule has 0 bridgehead atoms. The van der Waals surface area contributed by atoms with Gasteiger partial charge >= 0.3 is 0 Å². The monoisotopic (exact) mass is 221 g/mol. The van der Waals surface area contributed by atoms with E-state index in [1.807, 2.05) is 31.2 Å².